The molecule has 2 rings (SSSR count). The zero-order chi connectivity index (χ0) is 15.2. The van der Waals surface area contributed by atoms with E-state index in [-0.39, 0.29) is 5.69 Å². The summed E-state index contributed by atoms with van der Waals surface area (Å²) in [5.41, 5.74) is 2.92. The molecule has 0 aromatic heterocycles. The first-order valence-electron chi connectivity index (χ1n) is 6.34. The number of rotatable bonds is 6. The summed E-state index contributed by atoms with van der Waals surface area (Å²) in [5, 5.41) is 14.2. The van der Waals surface area contributed by atoms with E-state index in [0.717, 1.165) is 16.8 Å². The van der Waals surface area contributed by atoms with Crippen LogP contribution in [0.1, 0.15) is 11.1 Å². The highest BCUT2D eigenvalue weighted by atomic mass is 79.9. The second-order valence-corrected chi connectivity index (χ2v) is 5.43. The largest absolute Gasteiger partial charge is 0.381 e. The van der Waals surface area contributed by atoms with Gasteiger partial charge >= 0.3 is 0 Å². The molecule has 0 bridgehead atoms. The van der Waals surface area contributed by atoms with Gasteiger partial charge in [0.05, 0.1) is 11.5 Å². The fourth-order valence-electron chi connectivity index (χ4n) is 2.01. The number of anilines is 1. The summed E-state index contributed by atoms with van der Waals surface area (Å²) in [6, 6.07) is 12.7. The van der Waals surface area contributed by atoms with Gasteiger partial charge in [-0.2, -0.15) is 0 Å². The number of benzene rings is 2. The normalized spacial score (nSPS) is 10.4. The maximum atomic E-state index is 10.9. The van der Waals surface area contributed by atoms with Gasteiger partial charge in [-0.1, -0.05) is 34.1 Å². The number of methoxy groups -OCH3 is 1. The molecule has 2 aromatic rings. The van der Waals surface area contributed by atoms with E-state index in [1.807, 2.05) is 30.3 Å². The van der Waals surface area contributed by atoms with Gasteiger partial charge in [-0.15, -0.1) is 0 Å². The van der Waals surface area contributed by atoms with E-state index in [1.165, 1.54) is 6.07 Å². The van der Waals surface area contributed by atoms with Gasteiger partial charge in [0.2, 0.25) is 0 Å². The number of hydrogen-bond donors (Lipinski definition) is 1. The van der Waals surface area contributed by atoms with E-state index in [1.54, 1.807) is 13.2 Å². The van der Waals surface area contributed by atoms with Gasteiger partial charge in [0, 0.05) is 41.5 Å². The topological polar surface area (TPSA) is 64.4 Å². The Morgan fingerprint density at radius 3 is 2.76 bits per heavy atom. The molecule has 0 aliphatic rings. The van der Waals surface area contributed by atoms with Gasteiger partial charge in [-0.3, -0.25) is 10.1 Å². The minimum atomic E-state index is -0.396. The quantitative estimate of drug-likeness (QED) is 0.628. The molecule has 0 fully saturated rings. The van der Waals surface area contributed by atoms with Crippen LogP contribution in [0.3, 0.4) is 0 Å². The number of hydrogen-bond acceptors (Lipinski definition) is 4. The summed E-state index contributed by atoms with van der Waals surface area (Å²) in [5.74, 6) is 0. The van der Waals surface area contributed by atoms with Crippen LogP contribution in [0.4, 0.5) is 11.4 Å². The first-order valence-corrected chi connectivity index (χ1v) is 7.14. The third-order valence-electron chi connectivity index (χ3n) is 2.95. The molecule has 21 heavy (non-hydrogen) atoms. The summed E-state index contributed by atoms with van der Waals surface area (Å²) < 4.78 is 5.85. The molecule has 0 unspecified atom stereocenters. The minimum absolute atomic E-state index is 0.0753. The van der Waals surface area contributed by atoms with Crippen molar-refractivity contribution in [1.82, 2.24) is 0 Å². The maximum Gasteiger partial charge on any atom is 0.270 e. The van der Waals surface area contributed by atoms with E-state index in [2.05, 4.69) is 21.2 Å². The highest BCUT2D eigenvalue weighted by Gasteiger charge is 2.09. The molecule has 0 saturated carbocycles. The minimum Gasteiger partial charge on any atom is -0.381 e. The molecular weight excluding hydrogens is 336 g/mol. The van der Waals surface area contributed by atoms with Crippen molar-refractivity contribution in [3.05, 3.63) is 68.2 Å². The Kier molecular flexibility index (Phi) is 5.30. The van der Waals surface area contributed by atoms with Gasteiger partial charge in [0.25, 0.3) is 5.69 Å². The Morgan fingerprint density at radius 1 is 1.29 bits per heavy atom. The monoisotopic (exact) mass is 350 g/mol. The number of non-ortho nitro benzene ring substituents is 1. The lowest BCUT2D eigenvalue weighted by atomic mass is 10.1. The maximum absolute atomic E-state index is 10.9. The van der Waals surface area contributed by atoms with Crippen LogP contribution in [0.2, 0.25) is 0 Å². The van der Waals surface area contributed by atoms with Crippen molar-refractivity contribution in [3.8, 4) is 0 Å². The molecule has 0 aliphatic heterocycles. The van der Waals surface area contributed by atoms with Crippen LogP contribution in [0.5, 0.6) is 0 Å². The number of halogens is 1. The van der Waals surface area contributed by atoms with Gasteiger partial charge in [-0.05, 0) is 17.7 Å². The van der Waals surface area contributed by atoms with Gasteiger partial charge in [-0.25, -0.2) is 0 Å². The number of para-hydroxylation sites is 1. The Labute approximate surface area is 131 Å². The van der Waals surface area contributed by atoms with Crippen molar-refractivity contribution in [3.63, 3.8) is 0 Å². The third kappa shape index (κ3) is 4.27. The lowest BCUT2D eigenvalue weighted by Gasteiger charge is -2.11. The van der Waals surface area contributed by atoms with E-state index >= 15 is 0 Å². The highest BCUT2D eigenvalue weighted by molar-refractivity contribution is 9.10. The van der Waals surface area contributed by atoms with Crippen molar-refractivity contribution in [2.24, 2.45) is 0 Å². The molecule has 0 amide bonds. The molecule has 0 spiro atoms. The van der Waals surface area contributed by atoms with Crippen LogP contribution < -0.4 is 5.32 Å². The zero-order valence-corrected chi connectivity index (χ0v) is 13.1. The van der Waals surface area contributed by atoms with Crippen molar-refractivity contribution in [2.45, 2.75) is 13.2 Å². The second-order valence-electron chi connectivity index (χ2n) is 4.52. The third-order valence-corrected chi connectivity index (χ3v) is 3.41. The average Bonchev–Trinajstić information content (AvgIpc) is 2.46. The van der Waals surface area contributed by atoms with Crippen LogP contribution >= 0.6 is 15.9 Å². The molecule has 0 saturated heterocycles. The zero-order valence-electron chi connectivity index (χ0n) is 11.5. The van der Waals surface area contributed by atoms with E-state index in [9.17, 15) is 10.1 Å². The Morgan fingerprint density at radius 2 is 2.05 bits per heavy atom. The van der Waals surface area contributed by atoms with E-state index in [0.29, 0.717) is 17.6 Å². The van der Waals surface area contributed by atoms with E-state index in [4.69, 9.17) is 4.74 Å². The molecule has 0 heterocycles. The highest BCUT2D eigenvalue weighted by Crippen LogP contribution is 2.23. The summed E-state index contributed by atoms with van der Waals surface area (Å²) in [6.45, 7) is 1.02. The lowest BCUT2D eigenvalue weighted by Crippen LogP contribution is -2.03. The fourth-order valence-corrected chi connectivity index (χ4v) is 2.54. The SMILES string of the molecule is COCc1ccccc1NCc1cc(Br)cc([N+](=O)[O-])c1. The molecule has 5 nitrogen and oxygen atoms in total. The van der Waals surface area contributed by atoms with Crippen molar-refractivity contribution >= 4 is 27.3 Å². The van der Waals surface area contributed by atoms with Crippen molar-refractivity contribution in [1.29, 1.82) is 0 Å². The Balaban J connectivity index is 2.15. The summed E-state index contributed by atoms with van der Waals surface area (Å²) in [4.78, 5) is 10.5. The molecular formula is C15H15BrN2O3. The number of nitrogens with zero attached hydrogens (tertiary/aromatic N) is 1. The van der Waals surface area contributed by atoms with Gasteiger partial charge in [0.15, 0.2) is 0 Å². The smallest absolute Gasteiger partial charge is 0.270 e. The predicted molar refractivity (Wildman–Crippen MR) is 85.3 cm³/mol. The van der Waals surface area contributed by atoms with Crippen LogP contribution in [0.25, 0.3) is 0 Å². The Bertz CT molecular complexity index is 647. The van der Waals surface area contributed by atoms with Crippen molar-refractivity contribution in [2.75, 3.05) is 12.4 Å². The molecule has 6 heteroatoms. The fraction of sp³-hybridized carbons (Fsp3) is 0.200. The predicted octanol–water partition coefficient (Wildman–Crippen LogP) is 4.12. The summed E-state index contributed by atoms with van der Waals surface area (Å²) >= 11 is 3.29. The molecule has 0 radical (unpaired) electrons. The van der Waals surface area contributed by atoms with Crippen LogP contribution in [0.15, 0.2) is 46.9 Å². The van der Waals surface area contributed by atoms with Crippen LogP contribution in [-0.4, -0.2) is 12.0 Å². The molecule has 1 N–H and O–H groups in total. The molecule has 2 aromatic carbocycles. The first-order chi connectivity index (χ1) is 10.1. The number of nitro groups is 1. The molecule has 0 aliphatic carbocycles. The lowest BCUT2D eigenvalue weighted by molar-refractivity contribution is -0.385. The number of nitro benzene ring substituents is 1. The molecule has 110 valence electrons. The van der Waals surface area contributed by atoms with Gasteiger partial charge in [0.1, 0.15) is 0 Å². The summed E-state index contributed by atoms with van der Waals surface area (Å²) in [6.07, 6.45) is 0. The van der Waals surface area contributed by atoms with Gasteiger partial charge < -0.3 is 10.1 Å². The van der Waals surface area contributed by atoms with Crippen molar-refractivity contribution < 1.29 is 9.66 Å². The Hall–Kier alpha value is -1.92. The standard InChI is InChI=1S/C15H15BrN2O3/c1-21-10-12-4-2-3-5-15(12)17-9-11-6-13(16)8-14(7-11)18(19)20/h2-8,17H,9-10H2,1H3. The first kappa shape index (κ1) is 15.5. The molecule has 0 atom stereocenters. The summed E-state index contributed by atoms with van der Waals surface area (Å²) in [7, 11) is 1.65. The average molecular weight is 351 g/mol. The number of ether oxygens (including phenoxy) is 1. The second kappa shape index (κ2) is 7.19. The van der Waals surface area contributed by atoms with Crippen LogP contribution in [0, 0.1) is 10.1 Å². The van der Waals surface area contributed by atoms with E-state index < -0.39 is 4.92 Å². The number of nitrogens with one attached hydrogen (secondary N) is 1. The van der Waals surface area contributed by atoms with Crippen LogP contribution in [-0.2, 0) is 17.9 Å².